The van der Waals surface area contributed by atoms with E-state index in [-0.39, 0.29) is 0 Å². The lowest BCUT2D eigenvalue weighted by Gasteiger charge is -2.20. The summed E-state index contributed by atoms with van der Waals surface area (Å²) in [7, 11) is 3.98. The van der Waals surface area contributed by atoms with E-state index in [0.29, 0.717) is 0 Å². The van der Waals surface area contributed by atoms with Crippen LogP contribution in [-0.4, -0.2) is 19.1 Å². The summed E-state index contributed by atoms with van der Waals surface area (Å²) >= 11 is 0. The van der Waals surface area contributed by atoms with Crippen molar-refractivity contribution in [2.75, 3.05) is 24.3 Å². The second-order valence-electron chi connectivity index (χ2n) is 4.49. The number of nitrogens with one attached hydrogen (secondary N) is 1. The summed E-state index contributed by atoms with van der Waals surface area (Å²) in [5.74, 6) is 0.892. The Balaban J connectivity index is 2.13. The molecule has 0 atom stereocenters. The van der Waals surface area contributed by atoms with Crippen LogP contribution in [0.3, 0.4) is 0 Å². The fourth-order valence-electron chi connectivity index (χ4n) is 1.97. The van der Waals surface area contributed by atoms with Crippen LogP contribution in [0, 0.1) is 6.92 Å². The van der Waals surface area contributed by atoms with Crippen molar-refractivity contribution in [3.8, 4) is 0 Å². The molecule has 0 aliphatic carbocycles. The first kappa shape index (κ1) is 12.4. The summed E-state index contributed by atoms with van der Waals surface area (Å²) < 4.78 is 0. The number of pyridine rings is 1. The van der Waals surface area contributed by atoms with E-state index in [4.69, 9.17) is 0 Å². The van der Waals surface area contributed by atoms with E-state index >= 15 is 0 Å². The van der Waals surface area contributed by atoms with Gasteiger partial charge in [-0.1, -0.05) is 29.8 Å². The Morgan fingerprint density at radius 2 is 2.06 bits per heavy atom. The highest BCUT2D eigenvalue weighted by atomic mass is 15.1. The van der Waals surface area contributed by atoms with Gasteiger partial charge in [-0.15, -0.1) is 0 Å². The average Bonchev–Trinajstić information content (AvgIpc) is 2.39. The Morgan fingerprint density at radius 1 is 1.22 bits per heavy atom. The van der Waals surface area contributed by atoms with Gasteiger partial charge < -0.3 is 10.2 Å². The van der Waals surface area contributed by atoms with Gasteiger partial charge in [-0.25, -0.2) is 4.98 Å². The van der Waals surface area contributed by atoms with Crippen LogP contribution in [0.5, 0.6) is 0 Å². The van der Waals surface area contributed by atoms with Crippen LogP contribution in [0.2, 0.25) is 0 Å². The number of anilines is 2. The predicted molar refractivity (Wildman–Crippen MR) is 77.1 cm³/mol. The van der Waals surface area contributed by atoms with Crippen molar-refractivity contribution < 1.29 is 0 Å². The molecule has 1 N–H and O–H groups in total. The van der Waals surface area contributed by atoms with E-state index in [9.17, 15) is 0 Å². The quantitative estimate of drug-likeness (QED) is 0.891. The van der Waals surface area contributed by atoms with Gasteiger partial charge in [0, 0.05) is 38.6 Å². The molecule has 1 aromatic carbocycles. The highest BCUT2D eigenvalue weighted by molar-refractivity contribution is 5.53. The monoisotopic (exact) mass is 241 g/mol. The molecule has 0 amide bonds. The van der Waals surface area contributed by atoms with Gasteiger partial charge in [0.25, 0.3) is 0 Å². The maximum absolute atomic E-state index is 4.22. The summed E-state index contributed by atoms with van der Waals surface area (Å²) in [4.78, 5) is 6.44. The van der Waals surface area contributed by atoms with Crippen LogP contribution >= 0.6 is 0 Å². The molecule has 3 nitrogen and oxygen atoms in total. The van der Waals surface area contributed by atoms with Gasteiger partial charge in [0.2, 0.25) is 0 Å². The minimum Gasteiger partial charge on any atom is -0.373 e. The standard InChI is InChI=1S/C15H19N3/c1-12-5-4-6-13(9-12)11-18(3)14-7-8-17-15(10-14)16-2/h4-10H,11H2,1-3H3,(H,16,17). The van der Waals surface area contributed by atoms with E-state index in [1.54, 1.807) is 0 Å². The first-order chi connectivity index (χ1) is 8.69. The highest BCUT2D eigenvalue weighted by Gasteiger charge is 2.03. The highest BCUT2D eigenvalue weighted by Crippen LogP contribution is 2.18. The van der Waals surface area contributed by atoms with Crippen molar-refractivity contribution >= 4 is 11.5 Å². The minimum atomic E-state index is 0.892. The summed E-state index contributed by atoms with van der Waals surface area (Å²) in [6.45, 7) is 3.02. The number of benzene rings is 1. The molecule has 18 heavy (non-hydrogen) atoms. The van der Waals surface area contributed by atoms with Crippen LogP contribution < -0.4 is 10.2 Å². The Hall–Kier alpha value is -2.03. The van der Waals surface area contributed by atoms with Gasteiger partial charge >= 0.3 is 0 Å². The van der Waals surface area contributed by atoms with E-state index in [1.807, 2.05) is 19.3 Å². The fourth-order valence-corrected chi connectivity index (χ4v) is 1.97. The van der Waals surface area contributed by atoms with Crippen LogP contribution in [0.25, 0.3) is 0 Å². The van der Waals surface area contributed by atoms with Gasteiger partial charge in [0.05, 0.1) is 0 Å². The number of aromatic nitrogens is 1. The van der Waals surface area contributed by atoms with Crippen molar-refractivity contribution in [2.24, 2.45) is 0 Å². The van der Waals surface area contributed by atoms with Crippen LogP contribution in [0.1, 0.15) is 11.1 Å². The predicted octanol–water partition coefficient (Wildman–Crippen LogP) is 3.07. The second-order valence-corrected chi connectivity index (χ2v) is 4.49. The lowest BCUT2D eigenvalue weighted by Crippen LogP contribution is -2.16. The van der Waals surface area contributed by atoms with E-state index < -0.39 is 0 Å². The molecule has 2 rings (SSSR count). The maximum atomic E-state index is 4.22. The van der Waals surface area contributed by atoms with E-state index in [0.717, 1.165) is 18.1 Å². The molecule has 0 bridgehead atoms. The number of nitrogens with zero attached hydrogens (tertiary/aromatic N) is 2. The van der Waals surface area contributed by atoms with Crippen molar-refractivity contribution in [1.29, 1.82) is 0 Å². The first-order valence-corrected chi connectivity index (χ1v) is 6.09. The topological polar surface area (TPSA) is 28.2 Å². The third-order valence-corrected chi connectivity index (χ3v) is 2.94. The molecule has 0 fully saturated rings. The molecule has 0 aliphatic heterocycles. The molecular weight excluding hydrogens is 222 g/mol. The minimum absolute atomic E-state index is 0.892. The molecule has 0 aliphatic rings. The van der Waals surface area contributed by atoms with Gasteiger partial charge in [-0.3, -0.25) is 0 Å². The molecule has 0 unspecified atom stereocenters. The molecule has 1 heterocycles. The molecule has 0 saturated heterocycles. The summed E-state index contributed by atoms with van der Waals surface area (Å²) in [6.07, 6.45) is 1.83. The third kappa shape index (κ3) is 3.00. The van der Waals surface area contributed by atoms with Crippen molar-refractivity contribution in [3.63, 3.8) is 0 Å². The number of hydrogen-bond donors (Lipinski definition) is 1. The average molecular weight is 241 g/mol. The second kappa shape index (κ2) is 5.54. The molecule has 1 aromatic heterocycles. The zero-order valence-electron chi connectivity index (χ0n) is 11.1. The molecule has 94 valence electrons. The Morgan fingerprint density at radius 3 is 2.78 bits per heavy atom. The number of hydrogen-bond acceptors (Lipinski definition) is 3. The van der Waals surface area contributed by atoms with Gasteiger partial charge in [0.15, 0.2) is 0 Å². The van der Waals surface area contributed by atoms with Gasteiger partial charge in [0.1, 0.15) is 5.82 Å². The fraction of sp³-hybridized carbons (Fsp3) is 0.267. The molecule has 0 saturated carbocycles. The van der Waals surface area contributed by atoms with Gasteiger partial charge in [-0.2, -0.15) is 0 Å². The van der Waals surface area contributed by atoms with Crippen molar-refractivity contribution in [2.45, 2.75) is 13.5 Å². The summed E-state index contributed by atoms with van der Waals surface area (Å²) in [5.41, 5.74) is 3.78. The summed E-state index contributed by atoms with van der Waals surface area (Å²) in [5, 5.41) is 3.06. The number of rotatable bonds is 4. The molecule has 0 radical (unpaired) electrons. The van der Waals surface area contributed by atoms with Gasteiger partial charge in [-0.05, 0) is 18.6 Å². The first-order valence-electron chi connectivity index (χ1n) is 6.09. The summed E-state index contributed by atoms with van der Waals surface area (Å²) in [6, 6.07) is 12.7. The zero-order chi connectivity index (χ0) is 13.0. The Kier molecular flexibility index (Phi) is 3.82. The van der Waals surface area contributed by atoms with E-state index in [1.165, 1.54) is 11.1 Å². The SMILES string of the molecule is CNc1cc(N(C)Cc2cccc(C)c2)ccn1. The van der Waals surface area contributed by atoms with Crippen LogP contribution in [-0.2, 0) is 6.54 Å². The van der Waals surface area contributed by atoms with E-state index in [2.05, 4.69) is 59.5 Å². The molecule has 3 heteroatoms. The Labute approximate surface area is 108 Å². The lowest BCUT2D eigenvalue weighted by molar-refractivity contribution is 0.919. The van der Waals surface area contributed by atoms with Crippen LogP contribution in [0.15, 0.2) is 42.6 Å². The molecule has 0 spiro atoms. The molecule has 2 aromatic rings. The zero-order valence-corrected chi connectivity index (χ0v) is 11.1. The maximum Gasteiger partial charge on any atom is 0.127 e. The Bertz CT molecular complexity index is 523. The largest absolute Gasteiger partial charge is 0.373 e. The van der Waals surface area contributed by atoms with Crippen molar-refractivity contribution in [3.05, 3.63) is 53.7 Å². The lowest BCUT2D eigenvalue weighted by atomic mass is 10.1. The molecular formula is C15H19N3. The third-order valence-electron chi connectivity index (χ3n) is 2.94. The normalized spacial score (nSPS) is 10.2. The van der Waals surface area contributed by atoms with Crippen LogP contribution in [0.4, 0.5) is 11.5 Å². The number of aryl methyl sites for hydroxylation is 1. The van der Waals surface area contributed by atoms with Crippen molar-refractivity contribution in [1.82, 2.24) is 4.98 Å². The smallest absolute Gasteiger partial charge is 0.127 e.